The van der Waals surface area contributed by atoms with Crippen molar-refractivity contribution in [2.24, 2.45) is 0 Å². The van der Waals surface area contributed by atoms with Gasteiger partial charge in [0.25, 0.3) is 0 Å². The number of nitrogen functional groups attached to an aromatic ring is 1. The quantitative estimate of drug-likeness (QED) is 0.501. The Bertz CT molecular complexity index is 764. The van der Waals surface area contributed by atoms with Crippen LogP contribution in [0.4, 0.5) is 20.7 Å². The normalized spacial score (nSPS) is 10.1. The van der Waals surface area contributed by atoms with Crippen LogP contribution in [0.15, 0.2) is 30.5 Å². The molecule has 0 fully saturated rings. The average molecular weight is 352 g/mol. The van der Waals surface area contributed by atoms with Crippen molar-refractivity contribution in [1.29, 1.82) is 5.41 Å². The number of benzene rings is 1. The summed E-state index contributed by atoms with van der Waals surface area (Å²) in [5.41, 5.74) is 6.50. The fraction of sp³-hybridized carbons (Fsp3) is 0.133. The lowest BCUT2D eigenvalue weighted by molar-refractivity contribution is 0.251. The van der Waals surface area contributed by atoms with Crippen LogP contribution in [0.25, 0.3) is 0 Å². The number of aromatic nitrogens is 1. The molecule has 0 aliphatic carbocycles. The first-order valence-corrected chi connectivity index (χ1v) is 7.16. The highest BCUT2D eigenvalue weighted by Gasteiger charge is 2.11. The first-order valence-electron chi connectivity index (χ1n) is 6.78. The molecule has 0 aliphatic rings. The number of methoxy groups -OCH3 is 1. The van der Waals surface area contributed by atoms with Gasteiger partial charge >= 0.3 is 6.03 Å². The van der Waals surface area contributed by atoms with Crippen LogP contribution in [0.1, 0.15) is 11.1 Å². The number of carbonyl (C=O) groups is 1. The van der Waals surface area contributed by atoms with Gasteiger partial charge in [-0.2, -0.15) is 0 Å². The molecule has 0 spiro atoms. The summed E-state index contributed by atoms with van der Waals surface area (Å²) in [6.45, 7) is -0.0841. The van der Waals surface area contributed by atoms with Crippen LogP contribution in [0.5, 0.6) is 0 Å². The van der Waals surface area contributed by atoms with E-state index in [0.717, 1.165) is 0 Å². The molecule has 0 radical (unpaired) electrons. The molecule has 0 saturated heterocycles. The van der Waals surface area contributed by atoms with Gasteiger partial charge in [-0.3, -0.25) is 10.7 Å². The zero-order valence-electron chi connectivity index (χ0n) is 12.7. The van der Waals surface area contributed by atoms with Gasteiger partial charge in [0.05, 0.1) is 12.7 Å². The van der Waals surface area contributed by atoms with Crippen LogP contribution in [-0.2, 0) is 11.3 Å². The summed E-state index contributed by atoms with van der Waals surface area (Å²) in [5, 5.41) is 12.7. The fourth-order valence-electron chi connectivity index (χ4n) is 1.87. The standard InChI is InChI=1S/C15H15ClFN5O2/c1-24-14(19)9-7-20-13(5-12(9)18)22-15(23)21-6-8-10(16)3-2-4-11(8)17/h2-5,7,19H,6H2,1H3,(H4,18,20,21,22,23). The fourth-order valence-corrected chi connectivity index (χ4v) is 2.10. The zero-order valence-corrected chi connectivity index (χ0v) is 13.4. The molecule has 24 heavy (non-hydrogen) atoms. The van der Waals surface area contributed by atoms with Crippen LogP contribution in [0, 0.1) is 11.2 Å². The average Bonchev–Trinajstić information content (AvgIpc) is 2.54. The predicted molar refractivity (Wildman–Crippen MR) is 89.8 cm³/mol. The van der Waals surface area contributed by atoms with E-state index in [1.165, 1.54) is 37.6 Å². The van der Waals surface area contributed by atoms with Gasteiger partial charge in [-0.25, -0.2) is 14.2 Å². The van der Waals surface area contributed by atoms with Gasteiger partial charge in [-0.1, -0.05) is 17.7 Å². The van der Waals surface area contributed by atoms with E-state index < -0.39 is 11.8 Å². The van der Waals surface area contributed by atoms with E-state index in [0.29, 0.717) is 5.56 Å². The van der Waals surface area contributed by atoms with Crippen molar-refractivity contribution in [3.63, 3.8) is 0 Å². The highest BCUT2D eigenvalue weighted by atomic mass is 35.5. The van der Waals surface area contributed by atoms with Gasteiger partial charge in [-0.05, 0) is 12.1 Å². The van der Waals surface area contributed by atoms with Gasteiger partial charge in [-0.15, -0.1) is 0 Å². The summed E-state index contributed by atoms with van der Waals surface area (Å²) in [6, 6.07) is 5.06. The third-order valence-electron chi connectivity index (χ3n) is 3.11. The van der Waals surface area contributed by atoms with E-state index >= 15 is 0 Å². The number of nitrogens with zero attached hydrogens (tertiary/aromatic N) is 1. The maximum atomic E-state index is 13.6. The Balaban J connectivity index is 2.00. The third-order valence-corrected chi connectivity index (χ3v) is 3.47. The van der Waals surface area contributed by atoms with E-state index in [-0.39, 0.29) is 34.5 Å². The van der Waals surface area contributed by atoms with E-state index in [1.807, 2.05) is 0 Å². The van der Waals surface area contributed by atoms with Crippen molar-refractivity contribution in [1.82, 2.24) is 10.3 Å². The number of carbonyl (C=O) groups excluding carboxylic acids is 1. The summed E-state index contributed by atoms with van der Waals surface area (Å²) in [7, 11) is 1.34. The third kappa shape index (κ3) is 4.11. The molecule has 0 atom stereocenters. The van der Waals surface area contributed by atoms with Crippen molar-refractivity contribution in [2.75, 3.05) is 18.2 Å². The second kappa shape index (κ2) is 7.60. The van der Waals surface area contributed by atoms with Gasteiger partial charge in [0.15, 0.2) is 0 Å². The minimum atomic E-state index is -0.601. The number of nitrogens with two attached hydrogens (primary N) is 1. The number of nitrogens with one attached hydrogen (secondary N) is 3. The molecule has 2 rings (SSSR count). The number of hydrogen-bond donors (Lipinski definition) is 4. The van der Waals surface area contributed by atoms with Crippen LogP contribution in [0.2, 0.25) is 5.02 Å². The molecule has 1 aromatic carbocycles. The largest absolute Gasteiger partial charge is 0.481 e. The summed E-state index contributed by atoms with van der Waals surface area (Å²) < 4.78 is 18.4. The minimum absolute atomic E-state index is 0.0841. The molecule has 0 aliphatic heterocycles. The first kappa shape index (κ1) is 17.5. The van der Waals surface area contributed by atoms with Crippen molar-refractivity contribution >= 4 is 35.0 Å². The monoisotopic (exact) mass is 351 g/mol. The van der Waals surface area contributed by atoms with Gasteiger partial charge in [0.2, 0.25) is 5.90 Å². The molecule has 1 heterocycles. The Kier molecular flexibility index (Phi) is 5.54. The maximum absolute atomic E-state index is 13.6. The predicted octanol–water partition coefficient (Wildman–Crippen LogP) is 2.75. The van der Waals surface area contributed by atoms with Crippen LogP contribution < -0.4 is 16.4 Å². The van der Waals surface area contributed by atoms with Crippen LogP contribution >= 0.6 is 11.6 Å². The molecule has 2 aromatic rings. The van der Waals surface area contributed by atoms with Crippen molar-refractivity contribution in [2.45, 2.75) is 6.54 Å². The van der Waals surface area contributed by atoms with E-state index in [9.17, 15) is 9.18 Å². The number of urea groups is 1. The lowest BCUT2D eigenvalue weighted by atomic mass is 10.2. The second-order valence-corrected chi connectivity index (χ2v) is 5.11. The Hall–Kier alpha value is -2.87. The Labute approximate surface area is 142 Å². The molecule has 5 N–H and O–H groups in total. The number of anilines is 2. The smallest absolute Gasteiger partial charge is 0.320 e. The Morgan fingerprint density at radius 2 is 2.25 bits per heavy atom. The van der Waals surface area contributed by atoms with Crippen LogP contribution in [0.3, 0.4) is 0 Å². The number of amides is 2. The summed E-state index contributed by atoms with van der Waals surface area (Å²) >= 11 is 5.88. The molecule has 0 unspecified atom stereocenters. The lowest BCUT2D eigenvalue weighted by Crippen LogP contribution is -2.29. The molecule has 0 saturated carbocycles. The van der Waals surface area contributed by atoms with Gasteiger partial charge < -0.3 is 15.8 Å². The number of hydrogen-bond acceptors (Lipinski definition) is 5. The molecular formula is C15H15ClFN5O2. The number of ether oxygens (including phenoxy) is 1. The minimum Gasteiger partial charge on any atom is -0.481 e. The zero-order chi connectivity index (χ0) is 17.7. The van der Waals surface area contributed by atoms with E-state index in [2.05, 4.69) is 15.6 Å². The molecule has 1 aromatic heterocycles. The van der Waals surface area contributed by atoms with E-state index in [4.69, 9.17) is 27.5 Å². The highest BCUT2D eigenvalue weighted by Crippen LogP contribution is 2.19. The first-order chi connectivity index (χ1) is 11.4. The SMILES string of the molecule is COC(=N)c1cnc(NC(=O)NCc2c(F)cccc2Cl)cc1N. The van der Waals surface area contributed by atoms with Crippen LogP contribution in [-0.4, -0.2) is 24.0 Å². The molecule has 2 amide bonds. The van der Waals surface area contributed by atoms with Gasteiger partial charge in [0.1, 0.15) is 11.6 Å². The number of pyridine rings is 1. The maximum Gasteiger partial charge on any atom is 0.320 e. The van der Waals surface area contributed by atoms with Crippen molar-refractivity contribution < 1.29 is 13.9 Å². The lowest BCUT2D eigenvalue weighted by Gasteiger charge is -2.11. The van der Waals surface area contributed by atoms with Crippen molar-refractivity contribution in [3.05, 3.63) is 52.4 Å². The second-order valence-electron chi connectivity index (χ2n) is 4.70. The highest BCUT2D eigenvalue weighted by molar-refractivity contribution is 6.31. The number of halogens is 2. The summed E-state index contributed by atoms with van der Waals surface area (Å²) in [5.74, 6) is -0.463. The molecule has 0 bridgehead atoms. The molecule has 126 valence electrons. The molecular weight excluding hydrogens is 337 g/mol. The Morgan fingerprint density at radius 3 is 2.88 bits per heavy atom. The van der Waals surface area contributed by atoms with E-state index in [1.54, 1.807) is 0 Å². The number of rotatable bonds is 4. The molecule has 7 nitrogen and oxygen atoms in total. The Morgan fingerprint density at radius 1 is 1.50 bits per heavy atom. The molecule has 9 heteroatoms. The topological polar surface area (TPSA) is 113 Å². The summed E-state index contributed by atoms with van der Waals surface area (Å²) in [4.78, 5) is 15.8. The van der Waals surface area contributed by atoms with Crippen molar-refractivity contribution in [3.8, 4) is 0 Å². The van der Waals surface area contributed by atoms with Gasteiger partial charge in [0, 0.05) is 35.1 Å². The summed E-state index contributed by atoms with van der Waals surface area (Å²) in [6.07, 6.45) is 1.31.